The van der Waals surface area contributed by atoms with Crippen LogP contribution in [-0.2, 0) is 22.4 Å². The Balaban J connectivity index is 1.77. The van der Waals surface area contributed by atoms with Crippen LogP contribution in [0.1, 0.15) is 85.2 Å². The van der Waals surface area contributed by atoms with Gasteiger partial charge in [-0.25, -0.2) is 4.79 Å². The summed E-state index contributed by atoms with van der Waals surface area (Å²) in [5.41, 5.74) is 2.26. The van der Waals surface area contributed by atoms with Gasteiger partial charge in [-0.05, 0) is 43.1 Å². The summed E-state index contributed by atoms with van der Waals surface area (Å²) in [5.74, 6) is 0.959. The molecule has 1 aromatic carbocycles. The number of esters is 1. The van der Waals surface area contributed by atoms with E-state index in [0.29, 0.717) is 29.5 Å². The van der Waals surface area contributed by atoms with Crippen LogP contribution in [0.3, 0.4) is 0 Å². The number of nitrogens with one attached hydrogen (secondary N) is 1. The molecule has 2 fully saturated rings. The maximum Gasteiger partial charge on any atom is 0.338 e. The largest absolute Gasteiger partial charge is 0.486 e. The summed E-state index contributed by atoms with van der Waals surface area (Å²) in [6, 6.07) is 1.71. The SMILES string of the molecule is COC(=O)c1cc2c(c3c1C[C@]1(C)[C@@H](C)CC[C@H]4C(C)(C)CC(OC)C[C@]41O3)CNC2=O. The van der Waals surface area contributed by atoms with Crippen LogP contribution in [0.5, 0.6) is 5.75 Å². The summed E-state index contributed by atoms with van der Waals surface area (Å²) in [6.07, 6.45) is 4.95. The highest BCUT2D eigenvalue weighted by molar-refractivity contribution is 6.03. The van der Waals surface area contributed by atoms with Crippen LogP contribution in [-0.4, -0.2) is 37.8 Å². The number of fused-ring (bicyclic) bond motifs is 3. The van der Waals surface area contributed by atoms with Crippen LogP contribution in [0.15, 0.2) is 6.07 Å². The summed E-state index contributed by atoms with van der Waals surface area (Å²) in [7, 11) is 3.19. The van der Waals surface area contributed by atoms with E-state index in [0.717, 1.165) is 49.0 Å². The number of hydrogen-bond acceptors (Lipinski definition) is 5. The average Bonchev–Trinajstić information content (AvgIpc) is 3.12. The molecule has 6 heteroatoms. The van der Waals surface area contributed by atoms with E-state index in [4.69, 9.17) is 14.2 Å². The van der Waals surface area contributed by atoms with Crippen molar-refractivity contribution in [1.29, 1.82) is 0 Å². The van der Waals surface area contributed by atoms with Gasteiger partial charge in [0, 0.05) is 48.1 Å². The molecule has 1 unspecified atom stereocenters. The zero-order chi connectivity index (χ0) is 23.1. The topological polar surface area (TPSA) is 73.9 Å². The molecule has 0 aromatic heterocycles. The Morgan fingerprint density at radius 2 is 1.91 bits per heavy atom. The fourth-order valence-corrected chi connectivity index (χ4v) is 7.57. The van der Waals surface area contributed by atoms with E-state index in [1.54, 1.807) is 13.2 Å². The van der Waals surface area contributed by atoms with Crippen molar-refractivity contribution in [3.8, 4) is 5.75 Å². The zero-order valence-corrected chi connectivity index (χ0v) is 20.1. The number of amides is 1. The molecule has 0 radical (unpaired) electrons. The normalized spacial score (nSPS) is 36.7. The molecular formula is C26H35NO5. The van der Waals surface area contributed by atoms with Crippen molar-refractivity contribution in [2.24, 2.45) is 22.7 Å². The van der Waals surface area contributed by atoms with Gasteiger partial charge in [-0.2, -0.15) is 0 Å². The van der Waals surface area contributed by atoms with Gasteiger partial charge >= 0.3 is 5.97 Å². The second-order valence-corrected chi connectivity index (χ2v) is 11.3. The van der Waals surface area contributed by atoms with Gasteiger partial charge in [0.05, 0.1) is 18.8 Å². The highest BCUT2D eigenvalue weighted by atomic mass is 16.5. The summed E-state index contributed by atoms with van der Waals surface area (Å²) < 4.78 is 18.3. The van der Waals surface area contributed by atoms with E-state index >= 15 is 0 Å². The Hall–Kier alpha value is -2.08. The molecule has 4 aliphatic rings. The number of methoxy groups -OCH3 is 2. The fourth-order valence-electron chi connectivity index (χ4n) is 7.57. The first-order chi connectivity index (χ1) is 15.1. The Labute approximate surface area is 190 Å². The molecular weight excluding hydrogens is 406 g/mol. The predicted octanol–water partition coefficient (Wildman–Crippen LogP) is 4.28. The van der Waals surface area contributed by atoms with Crippen LogP contribution in [0.25, 0.3) is 0 Å². The first-order valence-corrected chi connectivity index (χ1v) is 11.8. The van der Waals surface area contributed by atoms with Crippen molar-refractivity contribution in [3.63, 3.8) is 0 Å². The lowest BCUT2D eigenvalue weighted by Gasteiger charge is -2.67. The lowest BCUT2D eigenvalue weighted by Crippen LogP contribution is -2.70. The van der Waals surface area contributed by atoms with Gasteiger partial charge in [0.1, 0.15) is 11.4 Å². The Morgan fingerprint density at radius 3 is 2.59 bits per heavy atom. The maximum absolute atomic E-state index is 12.8. The highest BCUT2D eigenvalue weighted by Gasteiger charge is 2.67. The molecule has 2 aliphatic carbocycles. The Morgan fingerprint density at radius 1 is 1.16 bits per heavy atom. The molecule has 1 N–H and O–H groups in total. The van der Waals surface area contributed by atoms with Gasteiger partial charge in [0.25, 0.3) is 5.91 Å². The third-order valence-corrected chi connectivity index (χ3v) is 9.46. The predicted molar refractivity (Wildman–Crippen MR) is 120 cm³/mol. The van der Waals surface area contributed by atoms with Gasteiger partial charge in [-0.3, -0.25) is 4.79 Å². The molecule has 2 aliphatic heterocycles. The molecule has 1 spiro atoms. The van der Waals surface area contributed by atoms with Crippen LogP contribution in [0, 0.1) is 22.7 Å². The third-order valence-electron chi connectivity index (χ3n) is 9.46. The standard InChI is InChI=1S/C26H35NO5/c1-14-7-8-20-24(2,3)10-15(30-5)11-26(20)25(14,4)12-18-17(23(29)31-6)9-16-19(21(18)32-26)13-27-22(16)28/h9,14-15,20H,7-8,10-13H2,1-6H3,(H,27,28)/t14-,15?,20-,25+,26-/m0/s1. The Bertz CT molecular complexity index is 1000. The van der Waals surface area contributed by atoms with Crippen molar-refractivity contribution >= 4 is 11.9 Å². The maximum atomic E-state index is 12.8. The van der Waals surface area contributed by atoms with Crippen molar-refractivity contribution in [1.82, 2.24) is 5.32 Å². The molecule has 0 saturated heterocycles. The van der Waals surface area contributed by atoms with Crippen LogP contribution in [0.2, 0.25) is 0 Å². The molecule has 5 rings (SSSR count). The van der Waals surface area contributed by atoms with Gasteiger partial charge in [0.2, 0.25) is 0 Å². The van der Waals surface area contributed by atoms with E-state index in [1.807, 2.05) is 0 Å². The van der Waals surface area contributed by atoms with E-state index < -0.39 is 11.6 Å². The van der Waals surface area contributed by atoms with E-state index in [1.165, 1.54) is 7.11 Å². The first-order valence-electron chi connectivity index (χ1n) is 11.8. The average molecular weight is 442 g/mol. The number of carbonyl (C=O) groups excluding carboxylic acids is 2. The second kappa shape index (κ2) is 6.96. The summed E-state index contributed by atoms with van der Waals surface area (Å²) in [4.78, 5) is 25.3. The summed E-state index contributed by atoms with van der Waals surface area (Å²) in [5, 5.41) is 2.92. The smallest absolute Gasteiger partial charge is 0.338 e. The minimum Gasteiger partial charge on any atom is -0.486 e. The van der Waals surface area contributed by atoms with E-state index in [-0.39, 0.29) is 22.8 Å². The molecule has 1 amide bonds. The van der Waals surface area contributed by atoms with Crippen molar-refractivity contribution in [2.75, 3.05) is 14.2 Å². The van der Waals surface area contributed by atoms with Crippen molar-refractivity contribution in [3.05, 3.63) is 28.3 Å². The second-order valence-electron chi connectivity index (χ2n) is 11.3. The minimum atomic E-state index is -0.411. The van der Waals surface area contributed by atoms with Crippen molar-refractivity contribution < 1.29 is 23.8 Å². The van der Waals surface area contributed by atoms with Gasteiger partial charge in [-0.1, -0.05) is 27.7 Å². The summed E-state index contributed by atoms with van der Waals surface area (Å²) in [6.45, 7) is 9.80. The van der Waals surface area contributed by atoms with Gasteiger partial charge in [-0.15, -0.1) is 0 Å². The number of carbonyl (C=O) groups is 2. The molecule has 32 heavy (non-hydrogen) atoms. The van der Waals surface area contributed by atoms with Crippen LogP contribution >= 0.6 is 0 Å². The number of ether oxygens (including phenoxy) is 3. The van der Waals surface area contributed by atoms with Crippen LogP contribution in [0.4, 0.5) is 0 Å². The number of benzene rings is 1. The molecule has 0 bridgehead atoms. The monoisotopic (exact) mass is 441 g/mol. The van der Waals surface area contributed by atoms with Gasteiger partial charge < -0.3 is 19.5 Å². The van der Waals surface area contributed by atoms with Crippen LogP contribution < -0.4 is 10.1 Å². The molecule has 5 atom stereocenters. The Kier molecular flexibility index (Phi) is 4.73. The minimum absolute atomic E-state index is 0.0645. The fraction of sp³-hybridized carbons (Fsp3) is 0.692. The van der Waals surface area contributed by atoms with Gasteiger partial charge in [0.15, 0.2) is 0 Å². The van der Waals surface area contributed by atoms with Crippen molar-refractivity contribution in [2.45, 2.75) is 78.0 Å². The lowest BCUT2D eigenvalue weighted by atomic mass is 9.43. The third kappa shape index (κ3) is 2.68. The molecule has 6 nitrogen and oxygen atoms in total. The molecule has 2 heterocycles. The molecule has 174 valence electrons. The lowest BCUT2D eigenvalue weighted by molar-refractivity contribution is -0.233. The molecule has 2 saturated carbocycles. The number of rotatable bonds is 2. The highest BCUT2D eigenvalue weighted by Crippen LogP contribution is 2.66. The van der Waals surface area contributed by atoms with E-state index in [9.17, 15) is 9.59 Å². The summed E-state index contributed by atoms with van der Waals surface area (Å²) >= 11 is 0. The first kappa shape index (κ1) is 21.7. The zero-order valence-electron chi connectivity index (χ0n) is 20.1. The molecule has 1 aromatic rings. The van der Waals surface area contributed by atoms with E-state index in [2.05, 4.69) is 33.0 Å². The number of hydrogen-bond donors (Lipinski definition) is 1. The quantitative estimate of drug-likeness (QED) is 0.694.